The molecule has 1 aromatic heterocycles. The summed E-state index contributed by atoms with van der Waals surface area (Å²) >= 11 is 6.68. The summed E-state index contributed by atoms with van der Waals surface area (Å²) in [4.78, 5) is 0. The number of hydrogen-bond donors (Lipinski definition) is 0. The highest BCUT2D eigenvalue weighted by atomic mass is 79.9. The Kier molecular flexibility index (Phi) is 4.82. The lowest BCUT2D eigenvalue weighted by Crippen LogP contribution is -1.99. The molecule has 17 heavy (non-hydrogen) atoms. The van der Waals surface area contributed by atoms with Gasteiger partial charge in [0.05, 0.1) is 6.61 Å². The molecule has 0 saturated heterocycles. The molecule has 0 aliphatic heterocycles. The largest absolute Gasteiger partial charge is 0.493 e. The fourth-order valence-electron chi connectivity index (χ4n) is 1.16. The third-order valence-corrected chi connectivity index (χ3v) is 4.36. The maximum absolute atomic E-state index is 5.60. The SMILES string of the molecule is Cc1nnc(SCCOc2ccc(Br)cc2)s1. The Labute approximate surface area is 117 Å². The summed E-state index contributed by atoms with van der Waals surface area (Å²) in [5.41, 5.74) is 0. The highest BCUT2D eigenvalue weighted by molar-refractivity contribution is 9.10. The summed E-state index contributed by atoms with van der Waals surface area (Å²) in [6, 6.07) is 7.83. The van der Waals surface area contributed by atoms with Crippen molar-refractivity contribution >= 4 is 39.0 Å². The topological polar surface area (TPSA) is 35.0 Å². The van der Waals surface area contributed by atoms with Gasteiger partial charge >= 0.3 is 0 Å². The summed E-state index contributed by atoms with van der Waals surface area (Å²) < 4.78 is 7.66. The van der Waals surface area contributed by atoms with E-state index in [2.05, 4.69) is 26.1 Å². The van der Waals surface area contributed by atoms with Crippen molar-refractivity contribution in [3.8, 4) is 5.75 Å². The normalized spacial score (nSPS) is 10.5. The minimum atomic E-state index is 0.672. The van der Waals surface area contributed by atoms with Crippen LogP contribution in [-0.4, -0.2) is 22.6 Å². The Hall–Kier alpha value is -0.590. The number of thioether (sulfide) groups is 1. The second kappa shape index (κ2) is 6.37. The number of ether oxygens (including phenoxy) is 1. The van der Waals surface area contributed by atoms with Crippen molar-refractivity contribution < 1.29 is 4.74 Å². The Balaban J connectivity index is 1.71. The van der Waals surface area contributed by atoms with E-state index in [-0.39, 0.29) is 0 Å². The van der Waals surface area contributed by atoms with E-state index in [9.17, 15) is 0 Å². The molecule has 2 aromatic rings. The Morgan fingerprint density at radius 3 is 2.71 bits per heavy atom. The van der Waals surface area contributed by atoms with Crippen LogP contribution in [0.1, 0.15) is 5.01 Å². The maximum atomic E-state index is 5.60. The van der Waals surface area contributed by atoms with Crippen LogP contribution in [0.4, 0.5) is 0 Å². The zero-order valence-corrected chi connectivity index (χ0v) is 12.4. The molecule has 1 heterocycles. The number of nitrogens with zero attached hydrogens (tertiary/aromatic N) is 2. The number of aromatic nitrogens is 2. The predicted molar refractivity (Wildman–Crippen MR) is 75.0 cm³/mol. The number of benzene rings is 1. The zero-order chi connectivity index (χ0) is 12.1. The highest BCUT2D eigenvalue weighted by Gasteiger charge is 2.01. The molecule has 2 rings (SSSR count). The van der Waals surface area contributed by atoms with Crippen molar-refractivity contribution in [1.82, 2.24) is 10.2 Å². The van der Waals surface area contributed by atoms with Crippen molar-refractivity contribution in [2.75, 3.05) is 12.4 Å². The molecule has 0 amide bonds. The fraction of sp³-hybridized carbons (Fsp3) is 0.273. The minimum Gasteiger partial charge on any atom is -0.493 e. The van der Waals surface area contributed by atoms with Gasteiger partial charge in [-0.15, -0.1) is 10.2 Å². The molecule has 0 aliphatic rings. The van der Waals surface area contributed by atoms with Crippen LogP contribution in [-0.2, 0) is 0 Å². The number of hydrogen-bond acceptors (Lipinski definition) is 5. The van der Waals surface area contributed by atoms with Crippen LogP contribution in [0.2, 0.25) is 0 Å². The van der Waals surface area contributed by atoms with Crippen LogP contribution in [0, 0.1) is 6.92 Å². The summed E-state index contributed by atoms with van der Waals surface area (Å²) in [6.07, 6.45) is 0. The fourth-order valence-corrected chi connectivity index (χ4v) is 3.12. The molecule has 0 atom stereocenters. The second-order valence-electron chi connectivity index (χ2n) is 3.24. The van der Waals surface area contributed by atoms with Gasteiger partial charge in [0, 0.05) is 10.2 Å². The second-order valence-corrected chi connectivity index (χ2v) is 6.68. The maximum Gasteiger partial charge on any atom is 0.174 e. The Morgan fingerprint density at radius 1 is 1.29 bits per heavy atom. The van der Waals surface area contributed by atoms with Crippen LogP contribution in [0.3, 0.4) is 0 Å². The van der Waals surface area contributed by atoms with Crippen LogP contribution in [0.25, 0.3) is 0 Å². The van der Waals surface area contributed by atoms with Crippen molar-refractivity contribution in [3.05, 3.63) is 33.7 Å². The molecular weight excluding hydrogens is 320 g/mol. The molecule has 0 N–H and O–H groups in total. The Morgan fingerprint density at radius 2 is 2.06 bits per heavy atom. The molecule has 3 nitrogen and oxygen atoms in total. The van der Waals surface area contributed by atoms with Crippen LogP contribution >= 0.6 is 39.0 Å². The van der Waals surface area contributed by atoms with E-state index in [4.69, 9.17) is 4.74 Å². The average Bonchev–Trinajstić information content (AvgIpc) is 2.73. The lowest BCUT2D eigenvalue weighted by Gasteiger charge is -2.04. The van der Waals surface area contributed by atoms with Crippen molar-refractivity contribution in [1.29, 1.82) is 0 Å². The molecule has 90 valence electrons. The van der Waals surface area contributed by atoms with Gasteiger partial charge in [-0.3, -0.25) is 0 Å². The van der Waals surface area contributed by atoms with Gasteiger partial charge in [0.15, 0.2) is 4.34 Å². The van der Waals surface area contributed by atoms with Crippen LogP contribution in [0.5, 0.6) is 5.75 Å². The molecule has 0 unspecified atom stereocenters. The summed E-state index contributed by atoms with van der Waals surface area (Å²) in [5, 5.41) is 9.01. The van der Waals surface area contributed by atoms with E-state index in [0.29, 0.717) is 6.61 Å². The van der Waals surface area contributed by atoms with Gasteiger partial charge in [0.2, 0.25) is 0 Å². The van der Waals surface area contributed by atoms with Crippen LogP contribution < -0.4 is 4.74 Å². The molecule has 0 saturated carbocycles. The van der Waals surface area contributed by atoms with Gasteiger partial charge in [0.25, 0.3) is 0 Å². The molecule has 0 aliphatic carbocycles. The molecule has 0 spiro atoms. The van der Waals surface area contributed by atoms with Crippen molar-refractivity contribution in [2.24, 2.45) is 0 Å². The monoisotopic (exact) mass is 330 g/mol. The van der Waals surface area contributed by atoms with E-state index in [1.165, 1.54) is 0 Å². The standard InChI is InChI=1S/C11H11BrN2OS2/c1-8-13-14-11(17-8)16-7-6-15-10-4-2-9(12)3-5-10/h2-5H,6-7H2,1H3. The first-order valence-corrected chi connectivity index (χ1v) is 7.65. The molecular formula is C11H11BrN2OS2. The number of aryl methyl sites for hydroxylation is 1. The average molecular weight is 331 g/mol. The number of rotatable bonds is 5. The predicted octanol–water partition coefficient (Wildman–Crippen LogP) is 3.78. The first-order chi connectivity index (χ1) is 8.24. The smallest absolute Gasteiger partial charge is 0.174 e. The number of halogens is 1. The van der Waals surface area contributed by atoms with Gasteiger partial charge in [-0.2, -0.15) is 0 Å². The van der Waals surface area contributed by atoms with E-state index < -0.39 is 0 Å². The van der Waals surface area contributed by atoms with Gasteiger partial charge in [-0.05, 0) is 31.2 Å². The third kappa shape index (κ3) is 4.29. The van der Waals surface area contributed by atoms with E-state index in [0.717, 1.165) is 25.3 Å². The minimum absolute atomic E-state index is 0.672. The zero-order valence-electron chi connectivity index (χ0n) is 9.22. The summed E-state index contributed by atoms with van der Waals surface area (Å²) in [5.74, 6) is 1.77. The quantitative estimate of drug-likeness (QED) is 0.617. The lowest BCUT2D eigenvalue weighted by atomic mass is 10.3. The lowest BCUT2D eigenvalue weighted by molar-refractivity contribution is 0.344. The molecule has 0 bridgehead atoms. The van der Waals surface area contributed by atoms with E-state index in [1.807, 2.05) is 31.2 Å². The summed E-state index contributed by atoms with van der Waals surface area (Å²) in [7, 11) is 0. The van der Waals surface area contributed by atoms with E-state index >= 15 is 0 Å². The first-order valence-electron chi connectivity index (χ1n) is 5.05. The third-order valence-electron chi connectivity index (χ3n) is 1.90. The summed E-state index contributed by atoms with van der Waals surface area (Å²) in [6.45, 7) is 2.63. The Bertz CT molecular complexity index is 473. The van der Waals surface area contributed by atoms with E-state index in [1.54, 1.807) is 23.1 Å². The van der Waals surface area contributed by atoms with Gasteiger partial charge in [0.1, 0.15) is 10.8 Å². The molecule has 1 aromatic carbocycles. The molecule has 0 radical (unpaired) electrons. The van der Waals surface area contributed by atoms with Gasteiger partial charge in [-0.25, -0.2) is 0 Å². The first kappa shape index (κ1) is 12.9. The van der Waals surface area contributed by atoms with Gasteiger partial charge in [-0.1, -0.05) is 39.0 Å². The van der Waals surface area contributed by atoms with Crippen LogP contribution in [0.15, 0.2) is 33.1 Å². The molecule has 6 heteroatoms. The molecule has 0 fully saturated rings. The van der Waals surface area contributed by atoms with Crippen molar-refractivity contribution in [3.63, 3.8) is 0 Å². The van der Waals surface area contributed by atoms with Gasteiger partial charge < -0.3 is 4.74 Å². The van der Waals surface area contributed by atoms with Crippen molar-refractivity contribution in [2.45, 2.75) is 11.3 Å². The highest BCUT2D eigenvalue weighted by Crippen LogP contribution is 2.22.